The summed E-state index contributed by atoms with van der Waals surface area (Å²) in [4.78, 5) is 20.9. The number of carbonyl (C=O) groups is 1. The fourth-order valence-corrected chi connectivity index (χ4v) is 3.83. The van der Waals surface area contributed by atoms with Gasteiger partial charge in [0.15, 0.2) is 5.76 Å². The summed E-state index contributed by atoms with van der Waals surface area (Å²) < 4.78 is 5.14. The molecule has 0 bridgehead atoms. The third-order valence-electron chi connectivity index (χ3n) is 5.25. The number of nitriles is 1. The molecule has 0 aliphatic heterocycles. The zero-order valence-electron chi connectivity index (χ0n) is 15.9. The fourth-order valence-electron chi connectivity index (χ4n) is 3.83. The van der Waals surface area contributed by atoms with E-state index in [1.807, 2.05) is 30.3 Å². The van der Waals surface area contributed by atoms with Gasteiger partial charge in [-0.3, -0.25) is 4.79 Å². The molecule has 0 saturated carbocycles. The average Bonchev–Trinajstić information content (AvgIpc) is 3.43. The van der Waals surface area contributed by atoms with Gasteiger partial charge >= 0.3 is 0 Å². The van der Waals surface area contributed by atoms with Gasteiger partial charge in [0.1, 0.15) is 12.1 Å². The van der Waals surface area contributed by atoms with Crippen LogP contribution in [0, 0.1) is 11.3 Å². The topological polar surface area (TPSA) is 104 Å². The fraction of sp³-hybridized carbons (Fsp3) is 0.130. The number of fused-ring (bicyclic) bond motifs is 2. The minimum Gasteiger partial charge on any atom is -0.459 e. The van der Waals surface area contributed by atoms with Crippen molar-refractivity contribution in [3.8, 4) is 6.07 Å². The van der Waals surface area contributed by atoms with E-state index in [4.69, 9.17) is 4.42 Å². The predicted octanol–water partition coefficient (Wildman–Crippen LogP) is 3.93. The monoisotopic (exact) mass is 395 g/mol. The summed E-state index contributed by atoms with van der Waals surface area (Å²) in [7, 11) is 0. The Morgan fingerprint density at radius 1 is 1.10 bits per heavy atom. The molecular weight excluding hydrogens is 378 g/mol. The SMILES string of the molecule is N#Cc1ccc2ncnc(NC3Cc4ccc(NC(=O)c5ccco5)cc4C3)c2c1. The number of aromatic nitrogens is 2. The van der Waals surface area contributed by atoms with E-state index in [1.165, 1.54) is 23.7 Å². The van der Waals surface area contributed by atoms with Crippen LogP contribution in [0.25, 0.3) is 10.9 Å². The maximum atomic E-state index is 12.2. The smallest absolute Gasteiger partial charge is 0.291 e. The molecule has 0 saturated heterocycles. The summed E-state index contributed by atoms with van der Waals surface area (Å²) in [5.41, 5.74) is 4.53. The molecule has 0 spiro atoms. The quantitative estimate of drug-likeness (QED) is 0.543. The molecule has 1 unspecified atom stereocenters. The van der Waals surface area contributed by atoms with Crippen molar-refractivity contribution >= 4 is 28.3 Å². The number of nitrogens with one attached hydrogen (secondary N) is 2. The number of carbonyl (C=O) groups excluding carboxylic acids is 1. The van der Waals surface area contributed by atoms with Gasteiger partial charge in [-0.15, -0.1) is 0 Å². The van der Waals surface area contributed by atoms with Gasteiger partial charge in [0, 0.05) is 17.1 Å². The van der Waals surface area contributed by atoms with Crippen LogP contribution >= 0.6 is 0 Å². The van der Waals surface area contributed by atoms with E-state index in [2.05, 4.69) is 26.7 Å². The zero-order chi connectivity index (χ0) is 20.5. The van der Waals surface area contributed by atoms with Crippen molar-refractivity contribution in [1.82, 2.24) is 9.97 Å². The van der Waals surface area contributed by atoms with Crippen LogP contribution in [-0.2, 0) is 12.8 Å². The molecular formula is C23H17N5O2. The first kappa shape index (κ1) is 17.9. The number of amides is 1. The molecule has 30 heavy (non-hydrogen) atoms. The number of hydrogen-bond acceptors (Lipinski definition) is 6. The lowest BCUT2D eigenvalue weighted by Gasteiger charge is -2.14. The number of benzene rings is 2. The van der Waals surface area contributed by atoms with Gasteiger partial charge in [0.25, 0.3) is 5.91 Å². The van der Waals surface area contributed by atoms with Crippen molar-refractivity contribution in [2.75, 3.05) is 10.6 Å². The lowest BCUT2D eigenvalue weighted by molar-refractivity contribution is 0.0996. The van der Waals surface area contributed by atoms with Crippen LogP contribution in [0.5, 0.6) is 0 Å². The molecule has 0 radical (unpaired) electrons. The Hall–Kier alpha value is -4.18. The van der Waals surface area contributed by atoms with E-state index < -0.39 is 0 Å². The Labute approximate surface area is 172 Å². The van der Waals surface area contributed by atoms with Gasteiger partial charge in [0.05, 0.1) is 23.4 Å². The number of anilines is 2. The van der Waals surface area contributed by atoms with Crippen molar-refractivity contribution in [2.24, 2.45) is 0 Å². The van der Waals surface area contributed by atoms with Crippen LogP contribution < -0.4 is 10.6 Å². The lowest BCUT2D eigenvalue weighted by atomic mass is 10.1. The van der Waals surface area contributed by atoms with E-state index in [1.54, 1.807) is 18.2 Å². The van der Waals surface area contributed by atoms with Crippen molar-refractivity contribution in [3.05, 3.63) is 83.6 Å². The van der Waals surface area contributed by atoms with Gasteiger partial charge in [0.2, 0.25) is 0 Å². The molecule has 2 aromatic heterocycles. The third kappa shape index (κ3) is 3.35. The minimum atomic E-state index is -0.270. The van der Waals surface area contributed by atoms with Crippen molar-refractivity contribution in [2.45, 2.75) is 18.9 Å². The van der Waals surface area contributed by atoms with Crippen LogP contribution in [0.3, 0.4) is 0 Å². The average molecular weight is 395 g/mol. The van der Waals surface area contributed by atoms with Crippen LogP contribution in [0.15, 0.2) is 65.5 Å². The number of furan rings is 1. The van der Waals surface area contributed by atoms with Crippen LogP contribution in [0.4, 0.5) is 11.5 Å². The molecule has 1 aliphatic rings. The van der Waals surface area contributed by atoms with Crippen LogP contribution in [-0.4, -0.2) is 21.9 Å². The minimum absolute atomic E-state index is 0.167. The standard InChI is InChI=1S/C23H17N5O2/c24-12-14-3-6-20-19(8-14)22(26-13-25-20)27-18-9-15-4-5-17(10-16(15)11-18)28-23(29)21-2-1-7-30-21/h1-8,10,13,18H,9,11H2,(H,28,29)(H,25,26,27). The molecule has 7 nitrogen and oxygen atoms in total. The maximum Gasteiger partial charge on any atom is 0.291 e. The first-order chi connectivity index (χ1) is 14.7. The van der Waals surface area contributed by atoms with E-state index >= 15 is 0 Å². The summed E-state index contributed by atoms with van der Waals surface area (Å²) in [6, 6.07) is 17.0. The Kier molecular flexibility index (Phi) is 4.37. The molecule has 5 rings (SSSR count). The number of nitrogens with zero attached hydrogens (tertiary/aromatic N) is 3. The molecule has 2 aromatic carbocycles. The highest BCUT2D eigenvalue weighted by atomic mass is 16.3. The van der Waals surface area contributed by atoms with Gasteiger partial charge < -0.3 is 15.1 Å². The predicted molar refractivity (Wildman–Crippen MR) is 112 cm³/mol. The van der Waals surface area contributed by atoms with Crippen molar-refractivity contribution in [3.63, 3.8) is 0 Å². The molecule has 7 heteroatoms. The van der Waals surface area contributed by atoms with E-state index in [0.717, 1.165) is 35.2 Å². The molecule has 2 heterocycles. The largest absolute Gasteiger partial charge is 0.459 e. The van der Waals surface area contributed by atoms with Gasteiger partial charge in [-0.2, -0.15) is 5.26 Å². The van der Waals surface area contributed by atoms with Crippen LogP contribution in [0.1, 0.15) is 27.2 Å². The third-order valence-corrected chi connectivity index (χ3v) is 5.25. The Balaban J connectivity index is 1.34. The highest BCUT2D eigenvalue weighted by Crippen LogP contribution is 2.29. The highest BCUT2D eigenvalue weighted by molar-refractivity contribution is 6.02. The molecule has 4 aromatic rings. The Morgan fingerprint density at radius 2 is 2.00 bits per heavy atom. The number of hydrogen-bond donors (Lipinski definition) is 2. The molecule has 146 valence electrons. The molecule has 2 N–H and O–H groups in total. The van der Waals surface area contributed by atoms with Gasteiger partial charge in [-0.05, 0) is 66.4 Å². The van der Waals surface area contributed by atoms with E-state index in [0.29, 0.717) is 5.56 Å². The first-order valence-corrected chi connectivity index (χ1v) is 9.57. The summed E-state index contributed by atoms with van der Waals surface area (Å²) in [5, 5.41) is 16.4. The molecule has 1 aliphatic carbocycles. The lowest BCUT2D eigenvalue weighted by Crippen LogP contribution is -2.20. The summed E-state index contributed by atoms with van der Waals surface area (Å²) in [5.74, 6) is 0.733. The second-order valence-electron chi connectivity index (χ2n) is 7.23. The van der Waals surface area contributed by atoms with E-state index in [-0.39, 0.29) is 17.7 Å². The summed E-state index contributed by atoms with van der Waals surface area (Å²) >= 11 is 0. The Bertz CT molecular complexity index is 1290. The molecule has 0 fully saturated rings. The summed E-state index contributed by atoms with van der Waals surface area (Å²) in [6.07, 6.45) is 4.67. The second-order valence-corrected chi connectivity index (χ2v) is 7.23. The van der Waals surface area contributed by atoms with Crippen molar-refractivity contribution < 1.29 is 9.21 Å². The molecule has 1 amide bonds. The maximum absolute atomic E-state index is 12.2. The first-order valence-electron chi connectivity index (χ1n) is 9.57. The Morgan fingerprint density at radius 3 is 2.83 bits per heavy atom. The second kappa shape index (κ2) is 7.33. The highest BCUT2D eigenvalue weighted by Gasteiger charge is 2.23. The van der Waals surface area contributed by atoms with E-state index in [9.17, 15) is 10.1 Å². The van der Waals surface area contributed by atoms with Gasteiger partial charge in [-0.25, -0.2) is 9.97 Å². The zero-order valence-corrected chi connectivity index (χ0v) is 15.9. The molecule has 1 atom stereocenters. The normalized spacial score (nSPS) is 14.8. The van der Waals surface area contributed by atoms with Crippen molar-refractivity contribution in [1.29, 1.82) is 5.26 Å². The van der Waals surface area contributed by atoms with Crippen LogP contribution in [0.2, 0.25) is 0 Å². The summed E-state index contributed by atoms with van der Waals surface area (Å²) in [6.45, 7) is 0. The number of rotatable bonds is 4. The van der Waals surface area contributed by atoms with Gasteiger partial charge in [-0.1, -0.05) is 6.07 Å².